The van der Waals surface area contributed by atoms with Crippen LogP contribution in [-0.4, -0.2) is 40.1 Å². The van der Waals surface area contributed by atoms with Gasteiger partial charge in [-0.3, -0.25) is 9.59 Å². The van der Waals surface area contributed by atoms with Crippen molar-refractivity contribution in [1.82, 2.24) is 5.01 Å². The number of carbonyl (C=O) groups excluding carboxylic acids is 2. The van der Waals surface area contributed by atoms with E-state index in [0.29, 0.717) is 17.3 Å². The van der Waals surface area contributed by atoms with Crippen LogP contribution in [0.25, 0.3) is 0 Å². The number of methoxy groups -OCH3 is 1. The van der Waals surface area contributed by atoms with Crippen molar-refractivity contribution in [2.24, 2.45) is 10.1 Å². The summed E-state index contributed by atoms with van der Waals surface area (Å²) in [6, 6.07) is 18.8. The molecule has 0 aromatic heterocycles. The second-order valence-electron chi connectivity index (χ2n) is 8.49. The third kappa shape index (κ3) is 5.54. The topological polar surface area (TPSA) is 83.4 Å². The summed E-state index contributed by atoms with van der Waals surface area (Å²) >= 11 is 1.15. The lowest BCUT2D eigenvalue weighted by Crippen LogP contribution is -2.25. The lowest BCUT2D eigenvalue weighted by molar-refractivity contribution is -0.121. The summed E-state index contributed by atoms with van der Waals surface area (Å²) in [6.45, 7) is 0. The second-order valence-corrected chi connectivity index (χ2v) is 9.66. The first kappa shape index (κ1) is 24.6. The highest BCUT2D eigenvalue weighted by Gasteiger charge is 2.39. The maximum absolute atomic E-state index is 13.6. The number of carbonyl (C=O) groups is 2. The van der Waals surface area contributed by atoms with E-state index < -0.39 is 22.9 Å². The summed E-state index contributed by atoms with van der Waals surface area (Å²) in [5.41, 5.74) is 2.79. The minimum absolute atomic E-state index is 0.128. The van der Waals surface area contributed by atoms with Crippen molar-refractivity contribution in [3.63, 3.8) is 0 Å². The first-order valence-electron chi connectivity index (χ1n) is 11.5. The van der Waals surface area contributed by atoms with Gasteiger partial charge in [-0.15, -0.1) is 0 Å². The molecule has 0 unspecified atom stereocenters. The van der Waals surface area contributed by atoms with Crippen molar-refractivity contribution in [3.8, 4) is 5.75 Å². The van der Waals surface area contributed by atoms with Gasteiger partial charge in [0.15, 0.2) is 5.17 Å². The van der Waals surface area contributed by atoms with Crippen LogP contribution in [0.4, 0.5) is 14.5 Å². The minimum Gasteiger partial charge on any atom is -0.497 e. The lowest BCUT2D eigenvalue weighted by atomic mass is 9.98. The number of halogens is 2. The fourth-order valence-corrected chi connectivity index (χ4v) is 5.20. The molecule has 2 aliphatic rings. The molecule has 0 saturated carbocycles. The Morgan fingerprint density at radius 3 is 2.54 bits per heavy atom. The third-order valence-corrected chi connectivity index (χ3v) is 7.13. The fraction of sp³-hybridized carbons (Fsp3) is 0.185. The molecule has 0 bridgehead atoms. The Hall–Kier alpha value is -4.05. The van der Waals surface area contributed by atoms with Crippen LogP contribution in [-0.2, 0) is 9.59 Å². The number of ether oxygens (including phenoxy) is 1. The number of amidine groups is 1. The van der Waals surface area contributed by atoms with Crippen molar-refractivity contribution in [2.75, 3.05) is 12.4 Å². The van der Waals surface area contributed by atoms with Crippen molar-refractivity contribution in [2.45, 2.75) is 24.1 Å². The number of rotatable bonds is 6. The molecular formula is C27H22F2N4O3S. The zero-order chi connectivity index (χ0) is 25.9. The van der Waals surface area contributed by atoms with E-state index in [4.69, 9.17) is 9.84 Å². The van der Waals surface area contributed by atoms with Gasteiger partial charge in [0.25, 0.3) is 5.91 Å². The summed E-state index contributed by atoms with van der Waals surface area (Å²) in [6.07, 6.45) is 0.383. The predicted molar refractivity (Wildman–Crippen MR) is 139 cm³/mol. The molecule has 0 spiro atoms. The van der Waals surface area contributed by atoms with Crippen molar-refractivity contribution in [1.29, 1.82) is 0 Å². The molecule has 2 heterocycles. The molecule has 7 nitrogen and oxygen atoms in total. The molecule has 2 aliphatic heterocycles. The second kappa shape index (κ2) is 10.5. The van der Waals surface area contributed by atoms with Crippen LogP contribution >= 0.6 is 11.8 Å². The summed E-state index contributed by atoms with van der Waals surface area (Å²) < 4.78 is 32.3. The summed E-state index contributed by atoms with van der Waals surface area (Å²) in [7, 11) is 1.59. The van der Waals surface area contributed by atoms with E-state index in [9.17, 15) is 18.4 Å². The molecule has 3 aromatic rings. The molecule has 0 radical (unpaired) electrons. The predicted octanol–water partition coefficient (Wildman–Crippen LogP) is 5.15. The Kier molecular flexibility index (Phi) is 7.00. The van der Waals surface area contributed by atoms with E-state index in [-0.39, 0.29) is 18.3 Å². The van der Waals surface area contributed by atoms with Crippen LogP contribution in [0, 0.1) is 11.6 Å². The molecule has 188 valence electrons. The smallest absolute Gasteiger partial charge is 0.262 e. The number of nitrogens with one attached hydrogen (secondary N) is 1. The number of anilines is 1. The summed E-state index contributed by atoms with van der Waals surface area (Å²) in [5, 5.41) is 8.68. The van der Waals surface area contributed by atoms with Gasteiger partial charge in [0.05, 0.1) is 18.9 Å². The molecule has 10 heteroatoms. The molecule has 0 saturated heterocycles. The van der Waals surface area contributed by atoms with E-state index in [1.165, 1.54) is 30.3 Å². The Morgan fingerprint density at radius 1 is 1.08 bits per heavy atom. The zero-order valence-electron chi connectivity index (χ0n) is 19.7. The Bertz CT molecular complexity index is 1390. The Labute approximate surface area is 216 Å². The number of aliphatic imine (C=N–C) groups is 1. The number of amides is 2. The molecule has 5 rings (SSSR count). The zero-order valence-corrected chi connectivity index (χ0v) is 20.5. The molecule has 1 N–H and O–H groups in total. The third-order valence-electron chi connectivity index (χ3n) is 5.99. The minimum atomic E-state index is -0.738. The largest absolute Gasteiger partial charge is 0.497 e. The molecule has 37 heavy (non-hydrogen) atoms. The highest BCUT2D eigenvalue weighted by Crippen LogP contribution is 2.38. The fourth-order valence-electron chi connectivity index (χ4n) is 4.14. The maximum Gasteiger partial charge on any atom is 0.262 e. The van der Waals surface area contributed by atoms with E-state index >= 15 is 0 Å². The summed E-state index contributed by atoms with van der Waals surface area (Å²) in [4.78, 5) is 29.4. The van der Waals surface area contributed by atoms with Crippen LogP contribution < -0.4 is 10.1 Å². The highest BCUT2D eigenvalue weighted by atomic mass is 32.2. The lowest BCUT2D eigenvalue weighted by Gasteiger charge is -2.23. The van der Waals surface area contributed by atoms with Gasteiger partial charge in [-0.25, -0.2) is 13.8 Å². The van der Waals surface area contributed by atoms with Crippen LogP contribution in [0.1, 0.15) is 30.0 Å². The van der Waals surface area contributed by atoms with Gasteiger partial charge in [-0.1, -0.05) is 30.0 Å². The van der Waals surface area contributed by atoms with Crippen LogP contribution in [0.5, 0.6) is 5.75 Å². The van der Waals surface area contributed by atoms with Crippen LogP contribution in [0.15, 0.2) is 82.9 Å². The van der Waals surface area contributed by atoms with Crippen molar-refractivity contribution < 1.29 is 23.1 Å². The monoisotopic (exact) mass is 520 g/mol. The summed E-state index contributed by atoms with van der Waals surface area (Å²) in [5.74, 6) is -0.972. The molecule has 0 fully saturated rings. The van der Waals surface area contributed by atoms with Crippen LogP contribution in [0.3, 0.4) is 0 Å². The maximum atomic E-state index is 13.6. The molecule has 2 atom stereocenters. The van der Waals surface area contributed by atoms with E-state index in [0.717, 1.165) is 34.3 Å². The van der Waals surface area contributed by atoms with Crippen molar-refractivity contribution in [3.05, 3.63) is 95.6 Å². The number of benzene rings is 3. The molecular weight excluding hydrogens is 498 g/mol. The van der Waals surface area contributed by atoms with Crippen LogP contribution in [0.2, 0.25) is 0 Å². The average Bonchev–Trinajstić information content (AvgIpc) is 3.48. The average molecular weight is 521 g/mol. The van der Waals surface area contributed by atoms with Gasteiger partial charge in [0.2, 0.25) is 5.91 Å². The van der Waals surface area contributed by atoms with Gasteiger partial charge in [-0.05, 0) is 65.7 Å². The Balaban J connectivity index is 1.35. The highest BCUT2D eigenvalue weighted by molar-refractivity contribution is 8.15. The van der Waals surface area contributed by atoms with E-state index in [1.807, 2.05) is 24.3 Å². The number of hydrogen-bond donors (Lipinski definition) is 1. The number of nitrogens with zero attached hydrogens (tertiary/aromatic N) is 3. The number of hydrazone groups is 1. The van der Waals surface area contributed by atoms with Gasteiger partial charge < -0.3 is 10.1 Å². The number of thioether (sulfide) groups is 1. The molecule has 3 aromatic carbocycles. The van der Waals surface area contributed by atoms with Crippen molar-refractivity contribution >= 4 is 40.1 Å². The SMILES string of the molecule is COc1ccc(C2=NN(C3=NC(=O)[C@H](CC(=O)Nc4cccc(F)c4)S3)[C@@H](c3ccc(F)cc3)C2)cc1. The standard InChI is InChI=1S/C27H22F2N4O3S/c1-36-21-11-7-16(8-12-21)22-14-23(17-5-9-18(28)10-6-17)33(32-22)27-31-26(35)24(37-27)15-25(34)30-20-4-2-3-19(29)13-20/h2-13,23-24H,14-15H2,1H3,(H,30,34)/t23-,24+/m1/s1. The van der Waals surface area contributed by atoms with E-state index in [2.05, 4.69) is 10.3 Å². The van der Waals surface area contributed by atoms with Gasteiger partial charge in [0, 0.05) is 18.5 Å². The Morgan fingerprint density at radius 2 is 1.84 bits per heavy atom. The molecule has 0 aliphatic carbocycles. The first-order chi connectivity index (χ1) is 17.9. The molecule has 2 amide bonds. The first-order valence-corrected chi connectivity index (χ1v) is 12.4. The van der Waals surface area contributed by atoms with Gasteiger partial charge in [-0.2, -0.15) is 10.1 Å². The van der Waals surface area contributed by atoms with E-state index in [1.54, 1.807) is 30.3 Å². The quantitative estimate of drug-likeness (QED) is 0.486. The van der Waals surface area contributed by atoms with Gasteiger partial charge in [0.1, 0.15) is 22.6 Å². The van der Waals surface area contributed by atoms with Gasteiger partial charge >= 0.3 is 0 Å². The number of hydrogen-bond acceptors (Lipinski definition) is 6. The normalized spacial score (nSPS) is 19.0.